The second-order valence-corrected chi connectivity index (χ2v) is 4.67. The van der Waals surface area contributed by atoms with E-state index in [1.54, 1.807) is 0 Å². The molecule has 68 valence electrons. The average molecular weight is 288 g/mol. The van der Waals surface area contributed by atoms with Gasteiger partial charge in [-0.1, -0.05) is 46.9 Å². The number of carbonyl (C=O) groups excluding carboxylic acids is 1. The maximum Gasteiger partial charge on any atom is 0.293 e. The molecule has 0 amide bonds. The number of fused-ring (bicyclic) bond motifs is 1. The highest BCUT2D eigenvalue weighted by atomic mass is 127. The highest BCUT2D eigenvalue weighted by Crippen LogP contribution is 2.37. The van der Waals surface area contributed by atoms with E-state index in [-0.39, 0.29) is 6.10 Å². The highest BCUT2D eigenvalue weighted by molar-refractivity contribution is 14.1. The summed E-state index contributed by atoms with van der Waals surface area (Å²) in [7, 11) is 0. The topological polar surface area (TPSA) is 26.3 Å². The molecule has 0 saturated carbocycles. The Hall–Kier alpha value is -0.580. The molecule has 0 spiro atoms. The zero-order chi connectivity index (χ0) is 9.26. The number of hydrogen-bond donors (Lipinski definition) is 0. The standard InChI is InChI=1S/C10H9IO2/c11-9-5-7-3-1-2-4-8(7)10(9)13-6-12/h1-4,6,9-10H,5H2/t9-,10-/m0/s1. The van der Waals surface area contributed by atoms with Crippen LogP contribution in [0.15, 0.2) is 24.3 Å². The van der Waals surface area contributed by atoms with E-state index in [1.165, 1.54) is 5.56 Å². The van der Waals surface area contributed by atoms with Crippen molar-refractivity contribution in [2.75, 3.05) is 0 Å². The van der Waals surface area contributed by atoms with Crippen LogP contribution in [0.2, 0.25) is 0 Å². The summed E-state index contributed by atoms with van der Waals surface area (Å²) in [5, 5.41) is 0. The molecule has 0 unspecified atom stereocenters. The molecule has 1 aliphatic carbocycles. The van der Waals surface area contributed by atoms with Gasteiger partial charge >= 0.3 is 0 Å². The van der Waals surface area contributed by atoms with Crippen molar-refractivity contribution in [1.82, 2.24) is 0 Å². The first kappa shape index (κ1) is 8.99. The lowest BCUT2D eigenvalue weighted by Crippen LogP contribution is -2.09. The Labute approximate surface area is 90.4 Å². The summed E-state index contributed by atoms with van der Waals surface area (Å²) in [5.41, 5.74) is 2.46. The monoisotopic (exact) mass is 288 g/mol. The highest BCUT2D eigenvalue weighted by Gasteiger charge is 2.31. The van der Waals surface area contributed by atoms with Gasteiger partial charge in [0.1, 0.15) is 6.10 Å². The van der Waals surface area contributed by atoms with Gasteiger partial charge in [0.15, 0.2) is 0 Å². The molecule has 0 bridgehead atoms. The van der Waals surface area contributed by atoms with Gasteiger partial charge in [-0.25, -0.2) is 0 Å². The first-order valence-corrected chi connectivity index (χ1v) is 5.38. The molecule has 0 radical (unpaired) electrons. The lowest BCUT2D eigenvalue weighted by molar-refractivity contribution is -0.133. The normalized spacial score (nSPS) is 25.3. The van der Waals surface area contributed by atoms with E-state index in [0.717, 1.165) is 12.0 Å². The Kier molecular flexibility index (Phi) is 2.53. The van der Waals surface area contributed by atoms with Crippen molar-refractivity contribution in [3.8, 4) is 0 Å². The molecule has 2 rings (SSSR count). The van der Waals surface area contributed by atoms with Gasteiger partial charge in [0.05, 0.1) is 3.92 Å². The van der Waals surface area contributed by atoms with Crippen LogP contribution in [0.1, 0.15) is 17.2 Å². The fraction of sp³-hybridized carbons (Fsp3) is 0.300. The van der Waals surface area contributed by atoms with E-state index in [1.807, 2.05) is 18.2 Å². The van der Waals surface area contributed by atoms with Gasteiger partial charge in [0.25, 0.3) is 6.47 Å². The van der Waals surface area contributed by atoms with E-state index in [4.69, 9.17) is 4.74 Å². The molecular weight excluding hydrogens is 279 g/mol. The third-order valence-corrected chi connectivity index (χ3v) is 3.40. The van der Waals surface area contributed by atoms with Crippen molar-refractivity contribution in [2.24, 2.45) is 0 Å². The van der Waals surface area contributed by atoms with Gasteiger partial charge in [-0.05, 0) is 17.5 Å². The second kappa shape index (κ2) is 3.65. The predicted octanol–water partition coefficient (Wildman–Crippen LogP) is 2.26. The molecule has 1 aliphatic rings. The van der Waals surface area contributed by atoms with Crippen LogP contribution in [0.3, 0.4) is 0 Å². The molecule has 13 heavy (non-hydrogen) atoms. The fourth-order valence-corrected chi connectivity index (χ4v) is 2.76. The Morgan fingerprint density at radius 3 is 3.00 bits per heavy atom. The van der Waals surface area contributed by atoms with Crippen LogP contribution in [0.4, 0.5) is 0 Å². The van der Waals surface area contributed by atoms with Gasteiger partial charge in [0, 0.05) is 0 Å². The van der Waals surface area contributed by atoms with Gasteiger partial charge in [0.2, 0.25) is 0 Å². The van der Waals surface area contributed by atoms with Crippen LogP contribution >= 0.6 is 22.6 Å². The zero-order valence-corrected chi connectivity index (χ0v) is 9.10. The van der Waals surface area contributed by atoms with Gasteiger partial charge in [-0.15, -0.1) is 0 Å². The summed E-state index contributed by atoms with van der Waals surface area (Å²) in [4.78, 5) is 10.3. The molecule has 2 atom stereocenters. The first-order valence-electron chi connectivity index (χ1n) is 4.14. The van der Waals surface area contributed by atoms with E-state index < -0.39 is 0 Å². The lowest BCUT2D eigenvalue weighted by Gasteiger charge is -2.12. The summed E-state index contributed by atoms with van der Waals surface area (Å²) in [6, 6.07) is 8.12. The van der Waals surface area contributed by atoms with Gasteiger partial charge in [-0.2, -0.15) is 0 Å². The minimum absolute atomic E-state index is 0.0469. The number of alkyl halides is 1. The molecule has 0 fully saturated rings. The molecule has 0 heterocycles. The van der Waals surface area contributed by atoms with Gasteiger partial charge < -0.3 is 4.74 Å². The summed E-state index contributed by atoms with van der Waals surface area (Å²) in [6.07, 6.45) is 0.948. The Balaban J connectivity index is 2.34. The quantitative estimate of drug-likeness (QED) is 0.474. The maximum atomic E-state index is 10.3. The minimum Gasteiger partial charge on any atom is -0.459 e. The number of benzene rings is 1. The number of carbonyl (C=O) groups is 1. The Morgan fingerprint density at radius 1 is 1.46 bits per heavy atom. The largest absolute Gasteiger partial charge is 0.459 e. The van der Waals surface area contributed by atoms with Crippen LogP contribution < -0.4 is 0 Å². The van der Waals surface area contributed by atoms with E-state index >= 15 is 0 Å². The van der Waals surface area contributed by atoms with Crippen molar-refractivity contribution in [3.63, 3.8) is 0 Å². The second-order valence-electron chi connectivity index (χ2n) is 3.07. The van der Waals surface area contributed by atoms with E-state index in [0.29, 0.717) is 10.4 Å². The third-order valence-electron chi connectivity index (χ3n) is 2.31. The molecule has 0 saturated heterocycles. The number of hydrogen-bond acceptors (Lipinski definition) is 2. The molecule has 3 heteroatoms. The van der Waals surface area contributed by atoms with E-state index in [2.05, 4.69) is 28.7 Å². The molecule has 0 aromatic heterocycles. The van der Waals surface area contributed by atoms with Crippen molar-refractivity contribution in [2.45, 2.75) is 16.4 Å². The van der Waals surface area contributed by atoms with Crippen LogP contribution in [0.5, 0.6) is 0 Å². The molecular formula is C10H9IO2. The lowest BCUT2D eigenvalue weighted by atomic mass is 10.1. The summed E-state index contributed by atoms with van der Waals surface area (Å²) >= 11 is 2.33. The minimum atomic E-state index is -0.0469. The summed E-state index contributed by atoms with van der Waals surface area (Å²) in [6.45, 7) is 0.540. The molecule has 0 N–H and O–H groups in total. The maximum absolute atomic E-state index is 10.3. The molecule has 1 aromatic rings. The summed E-state index contributed by atoms with van der Waals surface area (Å²) in [5.74, 6) is 0. The van der Waals surface area contributed by atoms with Crippen molar-refractivity contribution >= 4 is 29.1 Å². The predicted molar refractivity (Wildman–Crippen MR) is 57.8 cm³/mol. The fourth-order valence-electron chi connectivity index (χ4n) is 1.73. The van der Waals surface area contributed by atoms with Crippen LogP contribution in [-0.4, -0.2) is 10.4 Å². The molecule has 0 aliphatic heterocycles. The smallest absolute Gasteiger partial charge is 0.293 e. The SMILES string of the molecule is O=CO[C@H]1c2ccccc2C[C@@H]1I. The first-order chi connectivity index (χ1) is 6.33. The molecule has 2 nitrogen and oxygen atoms in total. The Bertz CT molecular complexity index is 324. The van der Waals surface area contributed by atoms with Crippen LogP contribution in [0.25, 0.3) is 0 Å². The summed E-state index contributed by atoms with van der Waals surface area (Å²) < 4.78 is 5.43. The number of halogens is 1. The molecule has 1 aromatic carbocycles. The number of rotatable bonds is 2. The van der Waals surface area contributed by atoms with Crippen LogP contribution in [-0.2, 0) is 16.0 Å². The average Bonchev–Trinajstić information content (AvgIpc) is 2.44. The Morgan fingerprint density at radius 2 is 2.23 bits per heavy atom. The third kappa shape index (κ3) is 1.57. The van der Waals surface area contributed by atoms with Crippen molar-refractivity contribution < 1.29 is 9.53 Å². The van der Waals surface area contributed by atoms with E-state index in [9.17, 15) is 4.79 Å². The van der Waals surface area contributed by atoms with Gasteiger partial charge in [-0.3, -0.25) is 4.79 Å². The number of ether oxygens (including phenoxy) is 1. The van der Waals surface area contributed by atoms with Crippen molar-refractivity contribution in [3.05, 3.63) is 35.4 Å². The zero-order valence-electron chi connectivity index (χ0n) is 6.94. The van der Waals surface area contributed by atoms with Crippen LogP contribution in [0, 0.1) is 0 Å². The van der Waals surface area contributed by atoms with Crippen molar-refractivity contribution in [1.29, 1.82) is 0 Å².